The van der Waals surface area contributed by atoms with Gasteiger partial charge < -0.3 is 10.6 Å². The highest BCUT2D eigenvalue weighted by molar-refractivity contribution is 5.98. The van der Waals surface area contributed by atoms with Crippen LogP contribution in [0.4, 0.5) is 5.69 Å². The predicted octanol–water partition coefficient (Wildman–Crippen LogP) is 2.94. The molecular weight excluding hydrogens is 264 g/mol. The van der Waals surface area contributed by atoms with Gasteiger partial charge in [-0.3, -0.25) is 9.59 Å². The molecule has 0 aromatic heterocycles. The second-order valence-corrected chi connectivity index (χ2v) is 5.47. The Balaban J connectivity index is 2.17. The summed E-state index contributed by atoms with van der Waals surface area (Å²) in [5, 5.41) is 7.74. The third-order valence-corrected chi connectivity index (χ3v) is 3.32. The molecule has 110 valence electrons. The number of carbonyl (C=O) groups excluding carboxylic acids is 2. The van der Waals surface area contributed by atoms with Crippen molar-refractivity contribution < 1.29 is 9.59 Å². The lowest BCUT2D eigenvalue weighted by Gasteiger charge is -2.21. The molecule has 1 unspecified atom stereocenters. The number of fused-ring (bicyclic) bond motifs is 1. The van der Waals surface area contributed by atoms with Crippen LogP contribution in [0, 0.1) is 5.92 Å². The van der Waals surface area contributed by atoms with Gasteiger partial charge in [0.15, 0.2) is 0 Å². The van der Waals surface area contributed by atoms with Gasteiger partial charge in [-0.25, -0.2) is 0 Å². The molecule has 0 bridgehead atoms. The third kappa shape index (κ3) is 3.81. The molecule has 2 aromatic rings. The van der Waals surface area contributed by atoms with Gasteiger partial charge in [-0.1, -0.05) is 44.2 Å². The maximum absolute atomic E-state index is 12.3. The van der Waals surface area contributed by atoms with Crippen LogP contribution in [0.15, 0.2) is 42.5 Å². The van der Waals surface area contributed by atoms with Crippen LogP contribution >= 0.6 is 0 Å². The van der Waals surface area contributed by atoms with Crippen molar-refractivity contribution >= 4 is 28.3 Å². The van der Waals surface area contributed by atoms with Gasteiger partial charge in [0.2, 0.25) is 11.8 Å². The summed E-state index contributed by atoms with van der Waals surface area (Å²) in [6.45, 7) is 5.22. The van der Waals surface area contributed by atoms with Crippen LogP contribution in [0.2, 0.25) is 0 Å². The van der Waals surface area contributed by atoms with E-state index in [-0.39, 0.29) is 17.7 Å². The molecule has 2 aromatic carbocycles. The minimum atomic E-state index is -0.533. The Morgan fingerprint density at radius 1 is 1.00 bits per heavy atom. The fraction of sp³-hybridized carbons (Fsp3) is 0.294. The Morgan fingerprint density at radius 2 is 1.67 bits per heavy atom. The van der Waals surface area contributed by atoms with Gasteiger partial charge >= 0.3 is 0 Å². The molecule has 0 spiro atoms. The average molecular weight is 284 g/mol. The zero-order valence-corrected chi connectivity index (χ0v) is 12.5. The van der Waals surface area contributed by atoms with E-state index in [1.54, 1.807) is 0 Å². The van der Waals surface area contributed by atoms with E-state index < -0.39 is 6.04 Å². The highest BCUT2D eigenvalue weighted by Crippen LogP contribution is 2.19. The summed E-state index contributed by atoms with van der Waals surface area (Å²) in [5.74, 6) is -0.382. The molecule has 2 N–H and O–H groups in total. The van der Waals surface area contributed by atoms with Crippen LogP contribution in [0.1, 0.15) is 20.8 Å². The van der Waals surface area contributed by atoms with Crippen LogP contribution in [-0.4, -0.2) is 17.9 Å². The largest absolute Gasteiger partial charge is 0.344 e. The van der Waals surface area contributed by atoms with Crippen LogP contribution in [0.25, 0.3) is 10.8 Å². The van der Waals surface area contributed by atoms with Gasteiger partial charge in [-0.2, -0.15) is 0 Å². The monoisotopic (exact) mass is 284 g/mol. The highest BCUT2D eigenvalue weighted by Gasteiger charge is 2.22. The highest BCUT2D eigenvalue weighted by atomic mass is 16.2. The average Bonchev–Trinajstić information content (AvgIpc) is 2.44. The molecule has 0 aliphatic rings. The number of amides is 2. The van der Waals surface area contributed by atoms with E-state index in [2.05, 4.69) is 10.6 Å². The first-order chi connectivity index (χ1) is 9.97. The molecule has 2 amide bonds. The number of benzene rings is 2. The lowest BCUT2D eigenvalue weighted by Crippen LogP contribution is -2.46. The lowest BCUT2D eigenvalue weighted by atomic mass is 10.0. The van der Waals surface area contributed by atoms with Crippen molar-refractivity contribution in [3.8, 4) is 0 Å². The van der Waals surface area contributed by atoms with Crippen LogP contribution in [0.5, 0.6) is 0 Å². The summed E-state index contributed by atoms with van der Waals surface area (Å²) in [4.78, 5) is 23.5. The van der Waals surface area contributed by atoms with Gasteiger partial charge in [0.1, 0.15) is 6.04 Å². The van der Waals surface area contributed by atoms with Gasteiger partial charge in [-0.05, 0) is 28.8 Å². The minimum Gasteiger partial charge on any atom is -0.344 e. The van der Waals surface area contributed by atoms with Crippen molar-refractivity contribution in [3.63, 3.8) is 0 Å². The fourth-order valence-corrected chi connectivity index (χ4v) is 2.24. The number of hydrogen-bond donors (Lipinski definition) is 2. The van der Waals surface area contributed by atoms with E-state index in [0.29, 0.717) is 0 Å². The Kier molecular flexibility index (Phi) is 4.58. The van der Waals surface area contributed by atoms with Crippen molar-refractivity contribution in [1.29, 1.82) is 0 Å². The van der Waals surface area contributed by atoms with Crippen molar-refractivity contribution in [2.45, 2.75) is 26.8 Å². The molecular formula is C17H20N2O2. The zero-order chi connectivity index (χ0) is 15.4. The molecule has 0 saturated heterocycles. The van der Waals surface area contributed by atoms with Gasteiger partial charge in [0, 0.05) is 12.6 Å². The summed E-state index contributed by atoms with van der Waals surface area (Å²) in [6, 6.07) is 13.2. The van der Waals surface area contributed by atoms with Gasteiger partial charge in [0.05, 0.1) is 0 Å². The summed E-state index contributed by atoms with van der Waals surface area (Å²) in [7, 11) is 0. The molecule has 2 rings (SSSR count). The first-order valence-corrected chi connectivity index (χ1v) is 7.04. The summed E-state index contributed by atoms with van der Waals surface area (Å²) in [6.07, 6.45) is 0. The molecule has 4 nitrogen and oxygen atoms in total. The zero-order valence-electron chi connectivity index (χ0n) is 12.5. The van der Waals surface area contributed by atoms with Gasteiger partial charge in [-0.15, -0.1) is 0 Å². The van der Waals surface area contributed by atoms with Crippen LogP contribution in [-0.2, 0) is 9.59 Å². The lowest BCUT2D eigenvalue weighted by molar-refractivity contribution is -0.126. The topological polar surface area (TPSA) is 58.2 Å². The van der Waals surface area contributed by atoms with E-state index >= 15 is 0 Å². The van der Waals surface area contributed by atoms with E-state index in [9.17, 15) is 9.59 Å². The van der Waals surface area contributed by atoms with Crippen molar-refractivity contribution in [2.75, 3.05) is 5.32 Å². The number of hydrogen-bond acceptors (Lipinski definition) is 2. The Hall–Kier alpha value is -2.36. The second-order valence-electron chi connectivity index (χ2n) is 5.47. The normalized spacial score (nSPS) is 12.2. The molecule has 4 heteroatoms. The molecule has 1 atom stereocenters. The maximum atomic E-state index is 12.3. The van der Waals surface area contributed by atoms with E-state index in [0.717, 1.165) is 16.5 Å². The Bertz CT molecular complexity index is 665. The van der Waals surface area contributed by atoms with Gasteiger partial charge in [0.25, 0.3) is 0 Å². The SMILES string of the molecule is CC(=O)NC(C(=O)Nc1ccc2ccccc2c1)C(C)C. The third-order valence-electron chi connectivity index (χ3n) is 3.32. The maximum Gasteiger partial charge on any atom is 0.247 e. The van der Waals surface area contributed by atoms with Crippen molar-refractivity contribution in [3.05, 3.63) is 42.5 Å². The van der Waals surface area contributed by atoms with E-state index in [4.69, 9.17) is 0 Å². The number of nitrogens with one attached hydrogen (secondary N) is 2. The quantitative estimate of drug-likeness (QED) is 0.907. The number of anilines is 1. The first kappa shape index (κ1) is 15.0. The van der Waals surface area contributed by atoms with E-state index in [1.165, 1.54) is 6.92 Å². The Morgan fingerprint density at radius 3 is 2.29 bits per heavy atom. The minimum absolute atomic E-state index is 0.0226. The molecule has 21 heavy (non-hydrogen) atoms. The summed E-state index contributed by atoms with van der Waals surface area (Å²) >= 11 is 0. The van der Waals surface area contributed by atoms with Crippen LogP contribution in [0.3, 0.4) is 0 Å². The number of carbonyl (C=O) groups is 2. The smallest absolute Gasteiger partial charge is 0.247 e. The molecule has 0 heterocycles. The molecule has 0 aliphatic carbocycles. The van der Waals surface area contributed by atoms with Crippen LogP contribution < -0.4 is 10.6 Å². The van der Waals surface area contributed by atoms with Crippen molar-refractivity contribution in [2.24, 2.45) is 5.92 Å². The second kappa shape index (κ2) is 6.39. The number of rotatable bonds is 4. The first-order valence-electron chi connectivity index (χ1n) is 7.04. The molecule has 0 fully saturated rings. The Labute approximate surface area is 124 Å². The summed E-state index contributed by atoms with van der Waals surface area (Å²) < 4.78 is 0. The molecule has 0 radical (unpaired) electrons. The van der Waals surface area contributed by atoms with E-state index in [1.807, 2.05) is 56.3 Å². The molecule has 0 saturated carbocycles. The predicted molar refractivity (Wildman–Crippen MR) is 85.0 cm³/mol. The van der Waals surface area contributed by atoms with Crippen molar-refractivity contribution in [1.82, 2.24) is 5.32 Å². The fourth-order valence-electron chi connectivity index (χ4n) is 2.24. The molecule has 0 aliphatic heterocycles. The summed E-state index contributed by atoms with van der Waals surface area (Å²) in [5.41, 5.74) is 0.731. The standard InChI is InChI=1S/C17H20N2O2/c1-11(2)16(18-12(3)20)17(21)19-15-9-8-13-6-4-5-7-14(13)10-15/h4-11,16H,1-3H3,(H,18,20)(H,19,21).